The molecule has 0 bridgehead atoms. The summed E-state index contributed by atoms with van der Waals surface area (Å²) in [6.45, 7) is 4.43. The van der Waals surface area contributed by atoms with Gasteiger partial charge >= 0.3 is 0 Å². The molecule has 2 aromatic carbocycles. The van der Waals surface area contributed by atoms with Crippen LogP contribution in [0, 0.1) is 15.9 Å². The van der Waals surface area contributed by atoms with E-state index in [1.807, 2.05) is 6.92 Å². The number of rotatable bonds is 11. The standard InChI is InChI=1S/C23H28FN3O4/c1-3-5-14-25-23(29)20(4-2)26(16-17-10-12-19(24)13-11-17)22(28)15-18-8-6-7-9-21(18)27(30)31/h6-13,20H,3-5,14-16H2,1-2H3,(H,25,29)/t20-/m0/s1. The zero-order valence-electron chi connectivity index (χ0n) is 17.8. The largest absolute Gasteiger partial charge is 0.354 e. The van der Waals surface area contributed by atoms with Crippen LogP contribution in [-0.2, 0) is 22.6 Å². The fraction of sp³-hybridized carbons (Fsp3) is 0.391. The maximum Gasteiger partial charge on any atom is 0.273 e. The number of hydrogen-bond acceptors (Lipinski definition) is 4. The Hall–Kier alpha value is -3.29. The number of halogens is 1. The highest BCUT2D eigenvalue weighted by Gasteiger charge is 2.29. The maximum absolute atomic E-state index is 13.3. The number of carbonyl (C=O) groups excluding carboxylic acids is 2. The highest BCUT2D eigenvalue weighted by Crippen LogP contribution is 2.21. The van der Waals surface area contributed by atoms with E-state index in [0.29, 0.717) is 18.5 Å². The van der Waals surface area contributed by atoms with Gasteiger partial charge in [0.2, 0.25) is 11.8 Å². The van der Waals surface area contributed by atoms with E-state index >= 15 is 0 Å². The van der Waals surface area contributed by atoms with Gasteiger partial charge in [0.1, 0.15) is 11.9 Å². The maximum atomic E-state index is 13.3. The third-order valence-electron chi connectivity index (χ3n) is 5.01. The number of unbranched alkanes of at least 4 members (excludes halogenated alkanes) is 1. The number of carbonyl (C=O) groups is 2. The van der Waals surface area contributed by atoms with E-state index in [0.717, 1.165) is 12.8 Å². The lowest BCUT2D eigenvalue weighted by molar-refractivity contribution is -0.385. The first-order chi connectivity index (χ1) is 14.9. The summed E-state index contributed by atoms with van der Waals surface area (Å²) < 4.78 is 13.3. The highest BCUT2D eigenvalue weighted by atomic mass is 19.1. The zero-order chi connectivity index (χ0) is 22.8. The molecule has 1 N–H and O–H groups in total. The molecule has 2 rings (SSSR count). The SMILES string of the molecule is CCCCNC(=O)[C@H](CC)N(Cc1ccc(F)cc1)C(=O)Cc1ccccc1[N+](=O)[O-]. The fourth-order valence-corrected chi connectivity index (χ4v) is 3.32. The number of benzene rings is 2. The Morgan fingerprint density at radius 3 is 2.42 bits per heavy atom. The van der Waals surface area contributed by atoms with Crippen molar-refractivity contribution in [2.24, 2.45) is 0 Å². The van der Waals surface area contributed by atoms with Crippen molar-refractivity contribution in [2.75, 3.05) is 6.54 Å². The van der Waals surface area contributed by atoms with Crippen LogP contribution in [0.15, 0.2) is 48.5 Å². The summed E-state index contributed by atoms with van der Waals surface area (Å²) in [5, 5.41) is 14.2. The Labute approximate surface area is 181 Å². The van der Waals surface area contributed by atoms with Gasteiger partial charge < -0.3 is 10.2 Å². The van der Waals surface area contributed by atoms with Gasteiger partial charge in [-0.1, -0.05) is 50.6 Å². The van der Waals surface area contributed by atoms with Crippen molar-refractivity contribution in [3.8, 4) is 0 Å². The molecule has 31 heavy (non-hydrogen) atoms. The number of amides is 2. The minimum Gasteiger partial charge on any atom is -0.354 e. The van der Waals surface area contributed by atoms with Crippen LogP contribution < -0.4 is 5.32 Å². The summed E-state index contributed by atoms with van der Waals surface area (Å²) in [5.74, 6) is -1.07. The second-order valence-corrected chi connectivity index (χ2v) is 7.28. The molecular weight excluding hydrogens is 401 g/mol. The van der Waals surface area contributed by atoms with Crippen molar-refractivity contribution < 1.29 is 18.9 Å². The first kappa shape index (κ1) is 24.0. The molecule has 2 aromatic rings. The van der Waals surface area contributed by atoms with Crippen LogP contribution >= 0.6 is 0 Å². The number of nitrogens with one attached hydrogen (secondary N) is 1. The third-order valence-corrected chi connectivity index (χ3v) is 5.01. The Balaban J connectivity index is 2.31. The van der Waals surface area contributed by atoms with Gasteiger partial charge in [0.25, 0.3) is 5.69 Å². The van der Waals surface area contributed by atoms with Gasteiger partial charge in [-0.05, 0) is 30.5 Å². The second kappa shape index (κ2) is 11.8. The number of nitro benzene ring substituents is 1. The van der Waals surface area contributed by atoms with Gasteiger partial charge in [-0.25, -0.2) is 4.39 Å². The van der Waals surface area contributed by atoms with Crippen molar-refractivity contribution in [3.05, 3.63) is 75.6 Å². The molecule has 0 aliphatic rings. The minimum absolute atomic E-state index is 0.0967. The molecule has 0 heterocycles. The summed E-state index contributed by atoms with van der Waals surface area (Å²) >= 11 is 0. The lowest BCUT2D eigenvalue weighted by atomic mass is 10.1. The van der Waals surface area contributed by atoms with Gasteiger partial charge in [0.05, 0.1) is 11.3 Å². The average Bonchev–Trinajstić information content (AvgIpc) is 2.75. The van der Waals surface area contributed by atoms with Gasteiger partial charge in [0, 0.05) is 24.7 Å². The van der Waals surface area contributed by atoms with Crippen LogP contribution in [-0.4, -0.2) is 34.2 Å². The van der Waals surface area contributed by atoms with Crippen molar-refractivity contribution in [3.63, 3.8) is 0 Å². The molecular formula is C23H28FN3O4. The summed E-state index contributed by atoms with van der Waals surface area (Å²) in [6, 6.07) is 11.0. The van der Waals surface area contributed by atoms with Crippen LogP contribution in [0.3, 0.4) is 0 Å². The Morgan fingerprint density at radius 2 is 1.81 bits per heavy atom. The first-order valence-electron chi connectivity index (χ1n) is 10.4. The lowest BCUT2D eigenvalue weighted by Crippen LogP contribution is -2.49. The van der Waals surface area contributed by atoms with E-state index in [1.165, 1.54) is 29.2 Å². The molecule has 0 aromatic heterocycles. The third kappa shape index (κ3) is 6.87. The zero-order valence-corrected chi connectivity index (χ0v) is 17.8. The molecule has 166 valence electrons. The normalized spacial score (nSPS) is 11.6. The van der Waals surface area contributed by atoms with Crippen LogP contribution in [0.5, 0.6) is 0 Å². The highest BCUT2D eigenvalue weighted by molar-refractivity contribution is 5.88. The minimum atomic E-state index is -0.739. The molecule has 0 spiro atoms. The summed E-state index contributed by atoms with van der Waals surface area (Å²) in [4.78, 5) is 38.3. The van der Waals surface area contributed by atoms with Crippen LogP contribution in [0.4, 0.5) is 10.1 Å². The van der Waals surface area contributed by atoms with Crippen LogP contribution in [0.1, 0.15) is 44.2 Å². The van der Waals surface area contributed by atoms with E-state index in [-0.39, 0.29) is 30.1 Å². The van der Waals surface area contributed by atoms with Crippen molar-refractivity contribution in [2.45, 2.75) is 52.1 Å². The molecule has 1 atom stereocenters. The fourth-order valence-electron chi connectivity index (χ4n) is 3.32. The molecule has 0 fully saturated rings. The molecule has 0 aliphatic heterocycles. The van der Waals surface area contributed by atoms with E-state index in [4.69, 9.17) is 0 Å². The molecule has 0 radical (unpaired) electrons. The molecule has 0 unspecified atom stereocenters. The van der Waals surface area contributed by atoms with E-state index in [9.17, 15) is 24.1 Å². The molecule has 0 saturated carbocycles. The van der Waals surface area contributed by atoms with E-state index in [2.05, 4.69) is 5.32 Å². The monoisotopic (exact) mass is 429 g/mol. The number of nitro groups is 1. The molecule has 0 saturated heterocycles. The summed E-state index contributed by atoms with van der Waals surface area (Å²) in [6.07, 6.45) is 1.91. The van der Waals surface area contributed by atoms with E-state index in [1.54, 1.807) is 31.2 Å². The van der Waals surface area contributed by atoms with Crippen molar-refractivity contribution in [1.82, 2.24) is 10.2 Å². The molecule has 8 heteroatoms. The predicted molar refractivity (Wildman–Crippen MR) is 116 cm³/mol. The number of hydrogen-bond donors (Lipinski definition) is 1. The predicted octanol–water partition coefficient (Wildman–Crippen LogP) is 4.00. The quantitative estimate of drug-likeness (QED) is 0.332. The molecule has 2 amide bonds. The van der Waals surface area contributed by atoms with Crippen molar-refractivity contribution in [1.29, 1.82) is 0 Å². The number of para-hydroxylation sites is 1. The van der Waals surface area contributed by atoms with Gasteiger partial charge in [-0.15, -0.1) is 0 Å². The van der Waals surface area contributed by atoms with Gasteiger partial charge in [-0.3, -0.25) is 19.7 Å². The first-order valence-corrected chi connectivity index (χ1v) is 10.4. The van der Waals surface area contributed by atoms with Crippen molar-refractivity contribution >= 4 is 17.5 Å². The molecule has 0 aliphatic carbocycles. The Bertz CT molecular complexity index is 902. The van der Waals surface area contributed by atoms with Gasteiger partial charge in [0.15, 0.2) is 0 Å². The topological polar surface area (TPSA) is 92.6 Å². The van der Waals surface area contributed by atoms with Crippen LogP contribution in [0.25, 0.3) is 0 Å². The Kier molecular flexibility index (Phi) is 9.12. The summed E-state index contributed by atoms with van der Waals surface area (Å²) in [5.41, 5.74) is 0.804. The lowest BCUT2D eigenvalue weighted by Gasteiger charge is -2.30. The summed E-state index contributed by atoms with van der Waals surface area (Å²) in [7, 11) is 0. The number of nitrogens with zero attached hydrogens (tertiary/aromatic N) is 2. The second-order valence-electron chi connectivity index (χ2n) is 7.28. The average molecular weight is 429 g/mol. The Morgan fingerprint density at radius 1 is 1.13 bits per heavy atom. The van der Waals surface area contributed by atoms with E-state index < -0.39 is 22.7 Å². The molecule has 7 nitrogen and oxygen atoms in total. The van der Waals surface area contributed by atoms with Gasteiger partial charge in [-0.2, -0.15) is 0 Å². The van der Waals surface area contributed by atoms with Crippen LogP contribution in [0.2, 0.25) is 0 Å². The smallest absolute Gasteiger partial charge is 0.273 e.